The average molecular weight is 269 g/mol. The highest BCUT2D eigenvalue weighted by molar-refractivity contribution is 5.82. The van der Waals surface area contributed by atoms with Crippen LogP contribution in [0.3, 0.4) is 0 Å². The summed E-state index contributed by atoms with van der Waals surface area (Å²) in [4.78, 5) is 2.63. The Morgan fingerprint density at radius 1 is 1.21 bits per heavy atom. The number of amidine groups is 1. The van der Waals surface area contributed by atoms with Gasteiger partial charge < -0.3 is 10.6 Å². The van der Waals surface area contributed by atoms with Gasteiger partial charge in [0.25, 0.3) is 0 Å². The highest BCUT2D eigenvalue weighted by atomic mass is 15.1. The molecule has 0 rings (SSSR count). The summed E-state index contributed by atoms with van der Waals surface area (Å²) in [6, 6.07) is 0.697. The third kappa shape index (κ3) is 6.95. The zero-order valence-electron chi connectivity index (χ0n) is 13.9. The van der Waals surface area contributed by atoms with Crippen LogP contribution in [0, 0.1) is 16.7 Å². The molecule has 19 heavy (non-hydrogen) atoms. The van der Waals surface area contributed by atoms with E-state index in [1.165, 1.54) is 19.4 Å². The molecule has 0 aromatic heterocycles. The highest BCUT2D eigenvalue weighted by Crippen LogP contribution is 2.23. The maximum atomic E-state index is 7.62. The summed E-state index contributed by atoms with van der Waals surface area (Å²) < 4.78 is 0. The largest absolute Gasteiger partial charge is 0.387 e. The van der Waals surface area contributed by atoms with Gasteiger partial charge in [0.1, 0.15) is 0 Å². The smallest absolute Gasteiger partial charge is 0.0963 e. The van der Waals surface area contributed by atoms with E-state index < -0.39 is 0 Å². The van der Waals surface area contributed by atoms with Crippen molar-refractivity contribution >= 4 is 5.84 Å². The van der Waals surface area contributed by atoms with Crippen LogP contribution in [0.1, 0.15) is 67.2 Å². The summed E-state index contributed by atoms with van der Waals surface area (Å²) in [7, 11) is 0. The van der Waals surface area contributed by atoms with E-state index in [1.54, 1.807) is 0 Å². The molecule has 0 radical (unpaired) electrons. The molecule has 3 heteroatoms. The Morgan fingerprint density at radius 3 is 2.11 bits per heavy atom. The van der Waals surface area contributed by atoms with Gasteiger partial charge in [0, 0.05) is 18.0 Å². The number of hydrogen-bond donors (Lipinski definition) is 2. The van der Waals surface area contributed by atoms with Gasteiger partial charge in [-0.3, -0.25) is 5.41 Å². The van der Waals surface area contributed by atoms with Crippen molar-refractivity contribution in [1.82, 2.24) is 4.90 Å². The van der Waals surface area contributed by atoms with Crippen molar-refractivity contribution in [2.24, 2.45) is 17.1 Å². The number of hydrogen-bond acceptors (Lipinski definition) is 2. The lowest BCUT2D eigenvalue weighted by atomic mass is 9.86. The molecule has 0 heterocycles. The molecule has 0 aliphatic heterocycles. The molecule has 0 unspecified atom stereocenters. The minimum absolute atomic E-state index is 0.155. The average Bonchev–Trinajstić information content (AvgIpc) is 2.29. The first kappa shape index (κ1) is 18.4. The molecule has 0 bridgehead atoms. The summed E-state index contributed by atoms with van der Waals surface area (Å²) in [5.41, 5.74) is 5.49. The Kier molecular flexibility index (Phi) is 8.31. The Morgan fingerprint density at radius 2 is 1.74 bits per heavy atom. The van der Waals surface area contributed by atoms with Gasteiger partial charge >= 0.3 is 0 Å². The van der Waals surface area contributed by atoms with E-state index in [-0.39, 0.29) is 5.41 Å². The van der Waals surface area contributed by atoms with E-state index in [0.29, 0.717) is 17.8 Å². The Balaban J connectivity index is 4.38. The van der Waals surface area contributed by atoms with Gasteiger partial charge in [0.2, 0.25) is 0 Å². The van der Waals surface area contributed by atoms with Crippen LogP contribution in [-0.2, 0) is 0 Å². The first-order valence-electron chi connectivity index (χ1n) is 7.83. The predicted octanol–water partition coefficient (Wildman–Crippen LogP) is 3.88. The Hall–Kier alpha value is -0.570. The first-order chi connectivity index (χ1) is 8.74. The van der Waals surface area contributed by atoms with E-state index in [2.05, 4.69) is 46.4 Å². The van der Waals surface area contributed by atoms with Crippen LogP contribution in [-0.4, -0.2) is 29.9 Å². The molecule has 0 amide bonds. The summed E-state index contributed by atoms with van der Waals surface area (Å²) in [5, 5.41) is 7.62. The van der Waals surface area contributed by atoms with Gasteiger partial charge in [-0.05, 0) is 38.1 Å². The van der Waals surface area contributed by atoms with Crippen molar-refractivity contribution in [3.8, 4) is 0 Å². The standard InChI is InChI=1S/C16H35N3/c1-7-14(8-2)19(12-13(3)4)11-9-10-16(5,6)15(17)18/h13-14H,7-12H2,1-6H3,(H3,17,18). The second kappa shape index (κ2) is 8.57. The van der Waals surface area contributed by atoms with Crippen LogP contribution in [0.15, 0.2) is 0 Å². The second-order valence-electron chi connectivity index (χ2n) is 6.76. The Labute approximate surface area is 120 Å². The van der Waals surface area contributed by atoms with Crippen molar-refractivity contribution in [2.75, 3.05) is 13.1 Å². The number of rotatable bonds is 10. The quantitative estimate of drug-likeness (QED) is 0.467. The van der Waals surface area contributed by atoms with E-state index in [1.807, 2.05) is 0 Å². The van der Waals surface area contributed by atoms with E-state index in [9.17, 15) is 0 Å². The van der Waals surface area contributed by atoms with Gasteiger partial charge in [0.15, 0.2) is 0 Å². The van der Waals surface area contributed by atoms with Gasteiger partial charge in [0.05, 0.1) is 5.84 Å². The molecular weight excluding hydrogens is 234 g/mol. The lowest BCUT2D eigenvalue weighted by Crippen LogP contribution is -2.39. The minimum atomic E-state index is -0.155. The van der Waals surface area contributed by atoms with E-state index >= 15 is 0 Å². The summed E-state index contributed by atoms with van der Waals surface area (Å²) in [6.07, 6.45) is 4.56. The van der Waals surface area contributed by atoms with Crippen molar-refractivity contribution in [1.29, 1.82) is 5.41 Å². The maximum absolute atomic E-state index is 7.62. The summed E-state index contributed by atoms with van der Waals surface area (Å²) in [6.45, 7) is 15.6. The fourth-order valence-electron chi connectivity index (χ4n) is 2.56. The molecule has 0 atom stereocenters. The number of nitrogens with two attached hydrogens (primary N) is 1. The molecule has 114 valence electrons. The van der Waals surface area contributed by atoms with E-state index in [0.717, 1.165) is 19.4 Å². The maximum Gasteiger partial charge on any atom is 0.0963 e. The molecule has 0 aromatic rings. The van der Waals surface area contributed by atoms with Crippen LogP contribution in [0.5, 0.6) is 0 Å². The zero-order chi connectivity index (χ0) is 15.1. The highest BCUT2D eigenvalue weighted by Gasteiger charge is 2.22. The first-order valence-corrected chi connectivity index (χ1v) is 7.83. The molecule has 0 spiro atoms. The van der Waals surface area contributed by atoms with Gasteiger partial charge in [-0.25, -0.2) is 0 Å². The normalized spacial score (nSPS) is 12.7. The van der Waals surface area contributed by atoms with Gasteiger partial charge in [-0.2, -0.15) is 0 Å². The molecule has 0 aromatic carbocycles. The van der Waals surface area contributed by atoms with E-state index in [4.69, 9.17) is 11.1 Å². The molecular formula is C16H35N3. The molecule has 3 nitrogen and oxygen atoms in total. The lowest BCUT2D eigenvalue weighted by molar-refractivity contribution is 0.159. The SMILES string of the molecule is CCC(CC)N(CCCC(C)(C)C(=N)N)CC(C)C. The minimum Gasteiger partial charge on any atom is -0.387 e. The fraction of sp³-hybridized carbons (Fsp3) is 0.938. The summed E-state index contributed by atoms with van der Waals surface area (Å²) >= 11 is 0. The van der Waals surface area contributed by atoms with Gasteiger partial charge in [-0.15, -0.1) is 0 Å². The van der Waals surface area contributed by atoms with Crippen LogP contribution in [0.25, 0.3) is 0 Å². The van der Waals surface area contributed by atoms with Crippen LogP contribution in [0.4, 0.5) is 0 Å². The number of nitrogens with one attached hydrogen (secondary N) is 1. The second-order valence-corrected chi connectivity index (χ2v) is 6.76. The third-order valence-corrected chi connectivity index (χ3v) is 4.03. The third-order valence-electron chi connectivity index (χ3n) is 4.03. The van der Waals surface area contributed by atoms with Gasteiger partial charge in [-0.1, -0.05) is 41.5 Å². The predicted molar refractivity (Wildman–Crippen MR) is 85.7 cm³/mol. The molecule has 0 saturated heterocycles. The molecule has 0 aliphatic rings. The van der Waals surface area contributed by atoms with Crippen molar-refractivity contribution in [2.45, 2.75) is 73.3 Å². The monoisotopic (exact) mass is 269 g/mol. The fourth-order valence-corrected chi connectivity index (χ4v) is 2.56. The van der Waals surface area contributed by atoms with Crippen molar-refractivity contribution in [3.63, 3.8) is 0 Å². The topological polar surface area (TPSA) is 53.1 Å². The number of nitrogens with zero attached hydrogens (tertiary/aromatic N) is 1. The lowest BCUT2D eigenvalue weighted by Gasteiger charge is -2.33. The summed E-state index contributed by atoms with van der Waals surface area (Å²) in [5.74, 6) is 1.02. The van der Waals surface area contributed by atoms with Crippen molar-refractivity contribution in [3.05, 3.63) is 0 Å². The van der Waals surface area contributed by atoms with Crippen LogP contribution in [0.2, 0.25) is 0 Å². The zero-order valence-corrected chi connectivity index (χ0v) is 13.9. The Bertz CT molecular complexity index is 255. The van der Waals surface area contributed by atoms with Crippen LogP contribution < -0.4 is 5.73 Å². The molecule has 0 fully saturated rings. The van der Waals surface area contributed by atoms with Crippen LogP contribution >= 0.6 is 0 Å². The van der Waals surface area contributed by atoms with Crippen molar-refractivity contribution < 1.29 is 0 Å². The molecule has 0 saturated carbocycles. The molecule has 0 aliphatic carbocycles. The molecule has 3 N–H and O–H groups in total.